The molecule has 1 nitrogen and oxygen atoms in total. The Labute approximate surface area is 83.9 Å². The van der Waals surface area contributed by atoms with Gasteiger partial charge in [-0.25, -0.2) is 4.39 Å². The number of hydrogen-bond donors (Lipinski definition) is 0. The quantitative estimate of drug-likeness (QED) is 0.712. The van der Waals surface area contributed by atoms with Crippen LogP contribution in [0.5, 0.6) is 5.75 Å². The fourth-order valence-corrected chi connectivity index (χ4v) is 2.06. The molecule has 1 aromatic rings. The molecule has 2 unspecified atom stereocenters. The first-order chi connectivity index (χ1) is 6.86. The van der Waals surface area contributed by atoms with Gasteiger partial charge in [-0.2, -0.15) is 0 Å². The molecule has 0 heterocycles. The van der Waals surface area contributed by atoms with E-state index in [1.807, 2.05) is 24.3 Å². The number of alkyl halides is 1. The zero-order valence-electron chi connectivity index (χ0n) is 8.37. The van der Waals surface area contributed by atoms with Crippen molar-refractivity contribution in [2.45, 2.75) is 25.7 Å². The average molecular weight is 194 g/mol. The molecule has 1 aliphatic carbocycles. The molecule has 0 aliphatic heterocycles. The summed E-state index contributed by atoms with van der Waals surface area (Å²) in [5.74, 6) is 2.10. The zero-order chi connectivity index (χ0) is 9.97. The Bertz CT molecular complexity index is 311. The molecule has 2 rings (SSSR count). The highest BCUT2D eigenvalue weighted by Gasteiger charge is 2.38. The maximum absolute atomic E-state index is 12.1. The third-order valence-corrected chi connectivity index (χ3v) is 2.98. The lowest BCUT2D eigenvalue weighted by Crippen LogP contribution is -1.94. The Balaban J connectivity index is 2.16. The normalized spacial score (nSPS) is 24.7. The van der Waals surface area contributed by atoms with Crippen LogP contribution in [-0.2, 0) is 0 Å². The van der Waals surface area contributed by atoms with Gasteiger partial charge in [0.15, 0.2) is 0 Å². The summed E-state index contributed by atoms with van der Waals surface area (Å²) < 4.78 is 17.1. The smallest absolute Gasteiger partial charge is 0.228 e. The lowest BCUT2D eigenvalue weighted by Gasteiger charge is -2.07. The summed E-state index contributed by atoms with van der Waals surface area (Å²) in [4.78, 5) is 0. The molecule has 14 heavy (non-hydrogen) atoms. The highest BCUT2D eigenvalue weighted by atomic mass is 19.1. The van der Waals surface area contributed by atoms with E-state index in [2.05, 4.69) is 6.92 Å². The molecule has 2 atom stereocenters. The van der Waals surface area contributed by atoms with Crippen molar-refractivity contribution in [3.8, 4) is 5.75 Å². The maximum Gasteiger partial charge on any atom is 0.228 e. The van der Waals surface area contributed by atoms with Gasteiger partial charge in [0.05, 0.1) is 0 Å². The van der Waals surface area contributed by atoms with E-state index in [0.29, 0.717) is 5.92 Å². The van der Waals surface area contributed by atoms with Gasteiger partial charge in [-0.05, 0) is 29.9 Å². The van der Waals surface area contributed by atoms with Crippen molar-refractivity contribution < 1.29 is 9.13 Å². The minimum Gasteiger partial charge on any atom is -0.463 e. The number of hydrogen-bond acceptors (Lipinski definition) is 1. The highest BCUT2D eigenvalue weighted by Crippen LogP contribution is 2.51. The van der Waals surface area contributed by atoms with Crippen molar-refractivity contribution >= 4 is 0 Å². The lowest BCUT2D eigenvalue weighted by atomic mass is 10.1. The molecule has 0 radical (unpaired) electrons. The predicted octanol–water partition coefficient (Wildman–Crippen LogP) is 3.51. The molecule has 1 aliphatic rings. The van der Waals surface area contributed by atoms with Crippen LogP contribution in [-0.4, -0.2) is 6.86 Å². The second-order valence-electron chi connectivity index (χ2n) is 3.80. The fraction of sp³-hybridized carbons (Fsp3) is 0.500. The van der Waals surface area contributed by atoms with Crippen LogP contribution >= 0.6 is 0 Å². The number of ether oxygens (including phenoxy) is 1. The van der Waals surface area contributed by atoms with Gasteiger partial charge in [-0.3, -0.25) is 0 Å². The summed E-state index contributed by atoms with van der Waals surface area (Å²) in [6.45, 7) is 1.46. The van der Waals surface area contributed by atoms with Crippen molar-refractivity contribution in [3.05, 3.63) is 29.8 Å². The SMILES string of the molecule is CCC1CC1c1ccccc1OCF. The Kier molecular flexibility index (Phi) is 2.71. The highest BCUT2D eigenvalue weighted by molar-refractivity contribution is 5.39. The number of benzene rings is 1. The minimum atomic E-state index is -0.736. The Morgan fingerprint density at radius 3 is 2.86 bits per heavy atom. The van der Waals surface area contributed by atoms with Gasteiger partial charge < -0.3 is 4.74 Å². The molecular weight excluding hydrogens is 179 g/mol. The van der Waals surface area contributed by atoms with Crippen molar-refractivity contribution in [2.75, 3.05) is 6.86 Å². The Hall–Kier alpha value is -1.05. The van der Waals surface area contributed by atoms with Crippen LogP contribution in [0.2, 0.25) is 0 Å². The van der Waals surface area contributed by atoms with E-state index in [1.165, 1.54) is 18.4 Å². The molecule has 76 valence electrons. The second kappa shape index (κ2) is 3.99. The maximum atomic E-state index is 12.1. The summed E-state index contributed by atoms with van der Waals surface area (Å²) in [5.41, 5.74) is 1.18. The van der Waals surface area contributed by atoms with Gasteiger partial charge in [0.25, 0.3) is 0 Å². The summed E-state index contributed by atoms with van der Waals surface area (Å²) in [6, 6.07) is 7.77. The van der Waals surface area contributed by atoms with Gasteiger partial charge in [0.1, 0.15) is 5.75 Å². The van der Waals surface area contributed by atoms with Gasteiger partial charge in [-0.15, -0.1) is 0 Å². The minimum absolute atomic E-state index is 0.600. The molecule has 0 saturated heterocycles. The Morgan fingerprint density at radius 2 is 2.21 bits per heavy atom. The topological polar surface area (TPSA) is 9.23 Å². The number of halogens is 1. The Morgan fingerprint density at radius 1 is 1.43 bits per heavy atom. The largest absolute Gasteiger partial charge is 0.463 e. The van der Waals surface area contributed by atoms with Crippen molar-refractivity contribution in [1.82, 2.24) is 0 Å². The van der Waals surface area contributed by atoms with E-state index in [-0.39, 0.29) is 0 Å². The molecule has 0 aromatic heterocycles. The van der Waals surface area contributed by atoms with Crippen LogP contribution in [0.25, 0.3) is 0 Å². The summed E-state index contributed by atoms with van der Waals surface area (Å²) in [6.07, 6.45) is 2.43. The molecule has 0 bridgehead atoms. The average Bonchev–Trinajstić information content (AvgIpc) is 2.98. The molecule has 1 fully saturated rings. The molecule has 0 spiro atoms. The first-order valence-corrected chi connectivity index (χ1v) is 5.14. The summed E-state index contributed by atoms with van der Waals surface area (Å²) in [5, 5.41) is 0. The molecular formula is C12H15FO. The van der Waals surface area contributed by atoms with Gasteiger partial charge in [0.2, 0.25) is 6.86 Å². The number of rotatable bonds is 4. The van der Waals surface area contributed by atoms with Crippen LogP contribution in [0.15, 0.2) is 24.3 Å². The van der Waals surface area contributed by atoms with E-state index in [1.54, 1.807) is 0 Å². The van der Waals surface area contributed by atoms with Gasteiger partial charge in [0, 0.05) is 0 Å². The van der Waals surface area contributed by atoms with E-state index < -0.39 is 6.86 Å². The van der Waals surface area contributed by atoms with Gasteiger partial charge in [-0.1, -0.05) is 31.5 Å². The lowest BCUT2D eigenvalue weighted by molar-refractivity contribution is 0.190. The zero-order valence-corrected chi connectivity index (χ0v) is 8.37. The van der Waals surface area contributed by atoms with Crippen LogP contribution in [0.4, 0.5) is 4.39 Å². The third kappa shape index (κ3) is 1.74. The van der Waals surface area contributed by atoms with Crippen molar-refractivity contribution in [1.29, 1.82) is 0 Å². The summed E-state index contributed by atoms with van der Waals surface area (Å²) >= 11 is 0. The summed E-state index contributed by atoms with van der Waals surface area (Å²) in [7, 11) is 0. The number of para-hydroxylation sites is 1. The predicted molar refractivity (Wildman–Crippen MR) is 54.2 cm³/mol. The van der Waals surface area contributed by atoms with Crippen LogP contribution < -0.4 is 4.74 Å². The monoisotopic (exact) mass is 194 g/mol. The van der Waals surface area contributed by atoms with Crippen LogP contribution in [0.3, 0.4) is 0 Å². The molecule has 0 N–H and O–H groups in total. The first-order valence-electron chi connectivity index (χ1n) is 5.14. The van der Waals surface area contributed by atoms with Crippen molar-refractivity contribution in [2.24, 2.45) is 5.92 Å². The molecule has 2 heteroatoms. The van der Waals surface area contributed by atoms with Gasteiger partial charge >= 0.3 is 0 Å². The molecule has 1 aromatic carbocycles. The molecule has 0 amide bonds. The van der Waals surface area contributed by atoms with E-state index >= 15 is 0 Å². The van der Waals surface area contributed by atoms with Crippen LogP contribution in [0, 0.1) is 5.92 Å². The van der Waals surface area contributed by atoms with E-state index in [9.17, 15) is 4.39 Å². The standard InChI is InChI=1S/C12H15FO/c1-2-9-7-11(9)10-5-3-4-6-12(10)14-8-13/h3-6,9,11H,2,7-8H2,1H3. The first kappa shape index (κ1) is 9.50. The third-order valence-electron chi connectivity index (χ3n) is 2.98. The van der Waals surface area contributed by atoms with E-state index in [0.717, 1.165) is 11.7 Å². The van der Waals surface area contributed by atoms with Crippen LogP contribution in [0.1, 0.15) is 31.2 Å². The second-order valence-corrected chi connectivity index (χ2v) is 3.80. The fourth-order valence-electron chi connectivity index (χ4n) is 2.06. The van der Waals surface area contributed by atoms with Crippen molar-refractivity contribution in [3.63, 3.8) is 0 Å². The van der Waals surface area contributed by atoms with E-state index in [4.69, 9.17) is 4.74 Å². The molecule has 1 saturated carbocycles.